The van der Waals surface area contributed by atoms with Crippen LogP contribution in [0.4, 0.5) is 5.69 Å². The Morgan fingerprint density at radius 1 is 1.15 bits per heavy atom. The lowest BCUT2D eigenvalue weighted by molar-refractivity contribution is -0.144. The van der Waals surface area contributed by atoms with E-state index in [1.165, 1.54) is 7.11 Å². The first-order valence-corrected chi connectivity index (χ1v) is 11.0. The van der Waals surface area contributed by atoms with E-state index in [0.29, 0.717) is 18.5 Å². The Balaban J connectivity index is 1.61. The number of anilines is 1. The number of hydrogen-bond acceptors (Lipinski definition) is 5. The number of carbonyl (C=O) groups is 3. The van der Waals surface area contributed by atoms with Gasteiger partial charge in [0.15, 0.2) is 0 Å². The fraction of sp³-hybridized carbons (Fsp3) is 0.320. The van der Waals surface area contributed by atoms with Gasteiger partial charge in [0.2, 0.25) is 5.91 Å². The standard InChI is InChI=1S/C25H26N4O4/c1-15(25(32)33-3)26-21(30)14-29-20-11-7-4-8-16(20)17-12-13-28-23(22(17)29)27(2)19-10-6-5-9-18(19)24(28)31/h4-11,15,23H,12-14H2,1-3H3,(H,26,30)/t15-,23?/m0/s1. The molecule has 0 radical (unpaired) electrons. The Bertz CT molecular complexity index is 1280. The molecule has 170 valence electrons. The average Bonchev–Trinajstić information content (AvgIpc) is 3.15. The number of amides is 2. The number of nitrogens with zero attached hydrogens (tertiary/aromatic N) is 3. The number of benzene rings is 2. The van der Waals surface area contributed by atoms with Crippen molar-refractivity contribution in [3.05, 3.63) is 65.4 Å². The molecule has 1 aromatic heterocycles. The number of rotatable bonds is 4. The molecule has 2 atom stereocenters. The lowest BCUT2D eigenvalue weighted by atomic mass is 9.96. The highest BCUT2D eigenvalue weighted by molar-refractivity contribution is 6.02. The van der Waals surface area contributed by atoms with Crippen molar-refractivity contribution < 1.29 is 19.1 Å². The van der Waals surface area contributed by atoms with E-state index in [2.05, 4.69) is 16.3 Å². The monoisotopic (exact) mass is 446 g/mol. The molecule has 0 bridgehead atoms. The molecule has 2 aromatic carbocycles. The van der Waals surface area contributed by atoms with Gasteiger partial charge in [-0.2, -0.15) is 0 Å². The predicted molar refractivity (Wildman–Crippen MR) is 124 cm³/mol. The first-order valence-electron chi connectivity index (χ1n) is 11.0. The molecule has 0 saturated heterocycles. The predicted octanol–water partition coefficient (Wildman–Crippen LogP) is 2.47. The second-order valence-electron chi connectivity index (χ2n) is 8.53. The molecule has 8 nitrogen and oxygen atoms in total. The van der Waals surface area contributed by atoms with Crippen LogP contribution in [0.15, 0.2) is 48.5 Å². The van der Waals surface area contributed by atoms with Crippen molar-refractivity contribution >= 4 is 34.4 Å². The van der Waals surface area contributed by atoms with E-state index >= 15 is 0 Å². The number of esters is 1. The minimum Gasteiger partial charge on any atom is -0.467 e. The molecular weight excluding hydrogens is 420 g/mol. The molecule has 0 fully saturated rings. The Hall–Kier alpha value is -3.81. The number of ether oxygens (including phenoxy) is 1. The zero-order valence-electron chi connectivity index (χ0n) is 18.9. The molecule has 2 aliphatic heterocycles. The van der Waals surface area contributed by atoms with Crippen molar-refractivity contribution in [2.75, 3.05) is 25.6 Å². The molecule has 2 aliphatic rings. The van der Waals surface area contributed by atoms with E-state index in [1.54, 1.807) is 6.92 Å². The van der Waals surface area contributed by atoms with Gasteiger partial charge < -0.3 is 24.4 Å². The normalized spacial score (nSPS) is 17.8. The molecule has 3 aromatic rings. The number of fused-ring (bicyclic) bond motifs is 6. The summed E-state index contributed by atoms with van der Waals surface area (Å²) in [6.07, 6.45) is 0.385. The Morgan fingerprint density at radius 3 is 2.67 bits per heavy atom. The van der Waals surface area contributed by atoms with Gasteiger partial charge >= 0.3 is 5.97 Å². The molecule has 3 heterocycles. The quantitative estimate of drug-likeness (QED) is 0.623. The summed E-state index contributed by atoms with van der Waals surface area (Å²) in [7, 11) is 3.28. The second kappa shape index (κ2) is 7.95. The van der Waals surface area contributed by atoms with Crippen LogP contribution in [0.3, 0.4) is 0 Å². The zero-order chi connectivity index (χ0) is 23.3. The third kappa shape index (κ3) is 3.25. The van der Waals surface area contributed by atoms with Gasteiger partial charge in [-0.1, -0.05) is 30.3 Å². The number of hydrogen-bond donors (Lipinski definition) is 1. The van der Waals surface area contributed by atoms with Crippen LogP contribution in [-0.2, 0) is 27.3 Å². The Labute approximate surface area is 191 Å². The zero-order valence-corrected chi connectivity index (χ0v) is 18.9. The van der Waals surface area contributed by atoms with E-state index < -0.39 is 12.0 Å². The van der Waals surface area contributed by atoms with E-state index in [-0.39, 0.29) is 24.5 Å². The maximum Gasteiger partial charge on any atom is 0.328 e. The summed E-state index contributed by atoms with van der Waals surface area (Å²) in [5.74, 6) is -0.790. The number of carbonyl (C=O) groups excluding carboxylic acids is 3. The van der Waals surface area contributed by atoms with Gasteiger partial charge in [-0.25, -0.2) is 4.79 Å². The third-order valence-corrected chi connectivity index (χ3v) is 6.64. The van der Waals surface area contributed by atoms with E-state index in [4.69, 9.17) is 4.74 Å². The Morgan fingerprint density at radius 2 is 1.88 bits per heavy atom. The summed E-state index contributed by atoms with van der Waals surface area (Å²) in [4.78, 5) is 42.1. The SMILES string of the molecule is COC(=O)[C@H](C)NC(=O)Cn1c2c(c3ccccc31)CCN1C(=O)c3ccccc3N(C)C21. The van der Waals surface area contributed by atoms with Crippen molar-refractivity contribution in [2.24, 2.45) is 0 Å². The van der Waals surface area contributed by atoms with Gasteiger partial charge in [0.05, 0.1) is 24.1 Å². The van der Waals surface area contributed by atoms with Crippen LogP contribution in [0.5, 0.6) is 0 Å². The minimum atomic E-state index is -0.748. The fourth-order valence-electron chi connectivity index (χ4n) is 5.15. The number of nitrogens with one attached hydrogen (secondary N) is 1. The molecule has 1 unspecified atom stereocenters. The summed E-state index contributed by atoms with van der Waals surface area (Å²) in [6.45, 7) is 2.24. The van der Waals surface area contributed by atoms with Crippen LogP contribution in [-0.4, -0.2) is 54.0 Å². The molecule has 0 spiro atoms. The molecule has 1 N–H and O–H groups in total. The van der Waals surface area contributed by atoms with E-state index in [9.17, 15) is 14.4 Å². The van der Waals surface area contributed by atoms with Crippen molar-refractivity contribution in [2.45, 2.75) is 32.1 Å². The summed E-state index contributed by atoms with van der Waals surface area (Å²) >= 11 is 0. The van der Waals surface area contributed by atoms with Crippen molar-refractivity contribution in [1.82, 2.24) is 14.8 Å². The molecule has 0 saturated carbocycles. The summed E-state index contributed by atoms with van der Waals surface area (Å²) < 4.78 is 6.71. The summed E-state index contributed by atoms with van der Waals surface area (Å²) in [5.41, 5.74) is 4.59. The highest BCUT2D eigenvalue weighted by Crippen LogP contribution is 2.44. The van der Waals surface area contributed by atoms with Crippen LogP contribution < -0.4 is 10.2 Å². The first kappa shape index (κ1) is 21.1. The Kier molecular flexibility index (Phi) is 5.08. The van der Waals surface area contributed by atoms with Gasteiger partial charge in [-0.3, -0.25) is 9.59 Å². The lowest BCUT2D eigenvalue weighted by Crippen LogP contribution is -2.51. The van der Waals surface area contributed by atoms with Crippen LogP contribution in [0.1, 0.15) is 34.7 Å². The van der Waals surface area contributed by atoms with E-state index in [1.807, 2.05) is 59.0 Å². The molecule has 0 aliphatic carbocycles. The largest absolute Gasteiger partial charge is 0.467 e. The van der Waals surface area contributed by atoms with Crippen LogP contribution >= 0.6 is 0 Å². The van der Waals surface area contributed by atoms with Crippen molar-refractivity contribution in [1.29, 1.82) is 0 Å². The smallest absolute Gasteiger partial charge is 0.328 e. The molecular formula is C25H26N4O4. The topological polar surface area (TPSA) is 83.9 Å². The fourth-order valence-corrected chi connectivity index (χ4v) is 5.15. The highest BCUT2D eigenvalue weighted by atomic mass is 16.5. The first-order chi connectivity index (χ1) is 15.9. The summed E-state index contributed by atoms with van der Waals surface area (Å²) in [5, 5.41) is 3.80. The lowest BCUT2D eigenvalue weighted by Gasteiger charge is -2.46. The molecule has 8 heteroatoms. The van der Waals surface area contributed by atoms with Gasteiger partial charge in [-0.05, 0) is 37.1 Å². The van der Waals surface area contributed by atoms with Gasteiger partial charge in [-0.15, -0.1) is 0 Å². The number of methoxy groups -OCH3 is 1. The molecule has 2 amide bonds. The second-order valence-corrected chi connectivity index (χ2v) is 8.53. The molecule has 5 rings (SSSR count). The summed E-state index contributed by atoms with van der Waals surface area (Å²) in [6, 6.07) is 14.9. The maximum absolute atomic E-state index is 13.4. The average molecular weight is 447 g/mol. The highest BCUT2D eigenvalue weighted by Gasteiger charge is 2.42. The van der Waals surface area contributed by atoms with E-state index in [0.717, 1.165) is 27.8 Å². The van der Waals surface area contributed by atoms with Gasteiger partial charge in [0, 0.05) is 24.5 Å². The minimum absolute atomic E-state index is 0.0000730. The van der Waals surface area contributed by atoms with Gasteiger partial charge in [0.25, 0.3) is 5.91 Å². The van der Waals surface area contributed by atoms with Crippen molar-refractivity contribution in [3.63, 3.8) is 0 Å². The maximum atomic E-state index is 13.4. The molecule has 33 heavy (non-hydrogen) atoms. The van der Waals surface area contributed by atoms with Crippen LogP contribution in [0.25, 0.3) is 10.9 Å². The third-order valence-electron chi connectivity index (χ3n) is 6.64. The van der Waals surface area contributed by atoms with Crippen LogP contribution in [0, 0.1) is 0 Å². The number of aromatic nitrogens is 1. The van der Waals surface area contributed by atoms with Gasteiger partial charge in [0.1, 0.15) is 18.8 Å². The number of para-hydroxylation sites is 2. The van der Waals surface area contributed by atoms with Crippen LogP contribution in [0.2, 0.25) is 0 Å². The van der Waals surface area contributed by atoms with Crippen molar-refractivity contribution in [3.8, 4) is 0 Å².